The number of rotatable bonds is 10. The molecule has 0 saturated heterocycles. The molecular formula is C32H34BF2N5O7S. The molecule has 0 spiro atoms. The summed E-state index contributed by atoms with van der Waals surface area (Å²) >= 11 is 0. The average Bonchev–Trinajstić information content (AvgIpc) is 3.01. The van der Waals surface area contributed by atoms with Gasteiger partial charge in [0.15, 0.2) is 7.85 Å². The summed E-state index contributed by atoms with van der Waals surface area (Å²) in [5.74, 6) is -4.33. The van der Waals surface area contributed by atoms with Gasteiger partial charge in [-0.15, -0.1) is 0 Å². The van der Waals surface area contributed by atoms with Gasteiger partial charge in [0.05, 0.1) is 22.2 Å². The summed E-state index contributed by atoms with van der Waals surface area (Å²) in [6.45, 7) is 5.13. The van der Waals surface area contributed by atoms with Crippen LogP contribution in [0.1, 0.15) is 36.7 Å². The van der Waals surface area contributed by atoms with E-state index in [9.17, 15) is 32.7 Å². The fourth-order valence-electron chi connectivity index (χ4n) is 4.49. The van der Waals surface area contributed by atoms with E-state index in [1.54, 1.807) is 52.1 Å². The highest BCUT2D eigenvalue weighted by atomic mass is 32.2. The molecular weight excluding hydrogens is 647 g/mol. The first-order chi connectivity index (χ1) is 22.4. The molecule has 252 valence electrons. The van der Waals surface area contributed by atoms with Gasteiger partial charge in [0.25, 0.3) is 21.8 Å². The number of halogens is 2. The summed E-state index contributed by atoms with van der Waals surface area (Å²) in [5.41, 5.74) is -1.40. The smallest absolute Gasteiger partial charge is 0.261 e. The SMILES string of the molecule is BC(=O)[C@H](Cc1ccc(N2C(=O)C=CN(C)C2O)cc1)NC(=O)c1cc(F)c(NS(=O)(=O)c2ccc(NC(=O)C(C)(C)C)cc2)cc1F. The quantitative estimate of drug-likeness (QED) is 0.237. The number of hydrogen-bond donors (Lipinski definition) is 4. The van der Waals surface area contributed by atoms with Crippen LogP contribution in [0.5, 0.6) is 0 Å². The predicted molar refractivity (Wildman–Crippen MR) is 177 cm³/mol. The predicted octanol–water partition coefficient (Wildman–Crippen LogP) is 2.32. The van der Waals surface area contributed by atoms with E-state index in [4.69, 9.17) is 0 Å². The maximum atomic E-state index is 15.1. The molecule has 1 heterocycles. The summed E-state index contributed by atoms with van der Waals surface area (Å²) < 4.78 is 57.8. The van der Waals surface area contributed by atoms with Crippen LogP contribution < -0.4 is 20.3 Å². The molecule has 1 aliphatic rings. The Kier molecular flexibility index (Phi) is 10.4. The third kappa shape index (κ3) is 8.25. The van der Waals surface area contributed by atoms with Gasteiger partial charge in [-0.25, -0.2) is 17.2 Å². The standard InChI is InChI=1S/C32H34BF2N5O7S/c1-32(2,3)30(44)36-19-7-11-21(12-8-19)48(46,47)38-25-17-23(34)22(16-24(25)35)29(43)37-26(28(33)42)15-18-5-9-20(10-6-18)40-27(41)13-14-39(4)31(40)45/h5-14,16-17,26,31,38,45H,15,33H2,1-4H3,(H,36,44)(H,37,43)/t26-,31?/m0/s1. The Morgan fingerprint density at radius 2 is 1.62 bits per heavy atom. The Morgan fingerprint density at radius 3 is 2.21 bits per heavy atom. The van der Waals surface area contributed by atoms with Gasteiger partial charge in [-0.2, -0.15) is 0 Å². The van der Waals surface area contributed by atoms with Crippen LogP contribution in [0.4, 0.5) is 25.8 Å². The minimum atomic E-state index is -4.40. The first kappa shape index (κ1) is 35.8. The van der Waals surface area contributed by atoms with Gasteiger partial charge in [-0.05, 0) is 54.4 Å². The maximum Gasteiger partial charge on any atom is 0.261 e. The van der Waals surface area contributed by atoms with Crippen molar-refractivity contribution in [2.45, 2.75) is 44.5 Å². The zero-order valence-corrected chi connectivity index (χ0v) is 27.6. The molecule has 0 saturated carbocycles. The molecule has 0 aromatic heterocycles. The van der Waals surface area contributed by atoms with Crippen molar-refractivity contribution in [3.63, 3.8) is 0 Å². The van der Waals surface area contributed by atoms with E-state index >= 15 is 8.78 Å². The number of anilines is 3. The molecule has 0 bridgehead atoms. The molecule has 48 heavy (non-hydrogen) atoms. The van der Waals surface area contributed by atoms with Crippen LogP contribution in [0.15, 0.2) is 77.8 Å². The lowest BCUT2D eigenvalue weighted by Crippen LogP contribution is -2.50. The zero-order chi connectivity index (χ0) is 35.6. The molecule has 0 fully saturated rings. The maximum absolute atomic E-state index is 15.1. The summed E-state index contributed by atoms with van der Waals surface area (Å²) in [4.78, 5) is 52.1. The van der Waals surface area contributed by atoms with Crippen LogP contribution in [-0.4, -0.2) is 69.1 Å². The van der Waals surface area contributed by atoms with Crippen LogP contribution in [-0.2, 0) is 30.8 Å². The van der Waals surface area contributed by atoms with Crippen molar-refractivity contribution in [1.29, 1.82) is 0 Å². The summed E-state index contributed by atoms with van der Waals surface area (Å²) in [5, 5.41) is 15.4. The highest BCUT2D eigenvalue weighted by molar-refractivity contribution is 7.92. The second-order valence-corrected chi connectivity index (χ2v) is 13.9. The first-order valence-electron chi connectivity index (χ1n) is 14.6. The number of aliphatic hydroxyl groups excluding tert-OH is 1. The molecule has 4 N–H and O–H groups in total. The van der Waals surface area contributed by atoms with Crippen molar-refractivity contribution in [1.82, 2.24) is 10.2 Å². The molecule has 1 aliphatic heterocycles. The number of amides is 3. The lowest BCUT2D eigenvalue weighted by molar-refractivity contribution is -0.123. The van der Waals surface area contributed by atoms with E-state index < -0.39 is 68.2 Å². The third-order valence-corrected chi connectivity index (χ3v) is 8.77. The molecule has 4 rings (SSSR count). The van der Waals surface area contributed by atoms with E-state index in [-0.39, 0.29) is 17.2 Å². The van der Waals surface area contributed by atoms with Gasteiger partial charge in [-0.3, -0.25) is 24.0 Å². The lowest BCUT2D eigenvalue weighted by Gasteiger charge is -2.35. The minimum absolute atomic E-state index is 0.0294. The van der Waals surface area contributed by atoms with Crippen LogP contribution in [0.3, 0.4) is 0 Å². The van der Waals surface area contributed by atoms with E-state index in [0.29, 0.717) is 29.1 Å². The number of aliphatic hydroxyl groups is 1. The van der Waals surface area contributed by atoms with Crippen LogP contribution >= 0.6 is 0 Å². The number of carbonyl (C=O) groups excluding carboxylic acids is 4. The van der Waals surface area contributed by atoms with Crippen molar-refractivity contribution >= 4 is 58.3 Å². The molecule has 3 amide bonds. The Hall–Kier alpha value is -5.09. The van der Waals surface area contributed by atoms with Crippen molar-refractivity contribution in [3.05, 3.63) is 95.7 Å². The number of sulfonamides is 1. The Balaban J connectivity index is 1.45. The Labute approximate surface area is 277 Å². The average molecular weight is 682 g/mol. The van der Waals surface area contributed by atoms with Gasteiger partial charge in [0.1, 0.15) is 17.3 Å². The molecule has 1 unspecified atom stereocenters. The van der Waals surface area contributed by atoms with Gasteiger partial charge < -0.3 is 25.4 Å². The summed E-state index contributed by atoms with van der Waals surface area (Å²) in [6, 6.07) is 11.2. The molecule has 0 radical (unpaired) electrons. The van der Waals surface area contributed by atoms with Crippen LogP contribution in [0.25, 0.3) is 0 Å². The number of nitrogens with one attached hydrogen (secondary N) is 3. The fraction of sp³-hybridized carbons (Fsp3) is 0.250. The zero-order valence-electron chi connectivity index (χ0n) is 26.7. The molecule has 2 atom stereocenters. The normalized spacial score (nSPS) is 15.6. The van der Waals surface area contributed by atoms with E-state index in [0.717, 1.165) is 4.90 Å². The van der Waals surface area contributed by atoms with Gasteiger partial charge in [0, 0.05) is 42.2 Å². The highest BCUT2D eigenvalue weighted by Gasteiger charge is 2.28. The number of carbonyl (C=O) groups is 4. The number of benzene rings is 3. The van der Waals surface area contributed by atoms with Crippen molar-refractivity contribution in [2.75, 3.05) is 22.0 Å². The third-order valence-electron chi connectivity index (χ3n) is 7.38. The molecule has 3 aromatic carbocycles. The van der Waals surface area contributed by atoms with E-state index in [2.05, 4.69) is 10.6 Å². The minimum Gasteiger partial charge on any atom is -0.356 e. The lowest BCUT2D eigenvalue weighted by atomic mass is 9.90. The fourth-order valence-corrected chi connectivity index (χ4v) is 5.55. The van der Waals surface area contributed by atoms with Crippen LogP contribution in [0, 0.1) is 17.0 Å². The summed E-state index contributed by atoms with van der Waals surface area (Å²) in [7, 11) is -1.60. The molecule has 0 aliphatic carbocycles. The van der Waals surface area contributed by atoms with Gasteiger partial charge in [0.2, 0.25) is 12.3 Å². The second kappa shape index (κ2) is 14.0. The van der Waals surface area contributed by atoms with Gasteiger partial charge in [-0.1, -0.05) is 32.9 Å². The molecule has 3 aromatic rings. The first-order valence-corrected chi connectivity index (χ1v) is 16.1. The largest absolute Gasteiger partial charge is 0.356 e. The Morgan fingerprint density at radius 1 is 1.00 bits per heavy atom. The Bertz CT molecular complexity index is 1880. The number of hydrogen-bond acceptors (Lipinski definition) is 8. The monoisotopic (exact) mass is 681 g/mol. The van der Waals surface area contributed by atoms with Crippen molar-refractivity contribution in [3.8, 4) is 0 Å². The van der Waals surface area contributed by atoms with Gasteiger partial charge >= 0.3 is 0 Å². The van der Waals surface area contributed by atoms with Crippen molar-refractivity contribution in [2.24, 2.45) is 5.41 Å². The highest BCUT2D eigenvalue weighted by Crippen LogP contribution is 2.26. The second-order valence-electron chi connectivity index (χ2n) is 12.2. The van der Waals surface area contributed by atoms with E-state index in [1.807, 2.05) is 4.72 Å². The van der Waals surface area contributed by atoms with Crippen LogP contribution in [0.2, 0.25) is 0 Å². The summed E-state index contributed by atoms with van der Waals surface area (Å²) in [6.07, 6.45) is 1.48. The molecule has 16 heteroatoms. The topological polar surface area (TPSA) is 165 Å². The van der Waals surface area contributed by atoms with E-state index in [1.165, 1.54) is 49.3 Å². The number of nitrogens with zero attached hydrogens (tertiary/aromatic N) is 2. The van der Waals surface area contributed by atoms with Crippen molar-refractivity contribution < 1.29 is 41.5 Å². The molecule has 12 nitrogen and oxygen atoms in total.